The highest BCUT2D eigenvalue weighted by Gasteiger charge is 2.25. The number of hydrogen-bond acceptors (Lipinski definition) is 7. The van der Waals surface area contributed by atoms with Crippen LogP contribution in [0.25, 0.3) is 21.9 Å². The van der Waals surface area contributed by atoms with E-state index >= 15 is 0 Å². The second kappa shape index (κ2) is 8.48. The molecule has 3 heterocycles. The normalized spacial score (nSPS) is 12.6. The van der Waals surface area contributed by atoms with Crippen molar-refractivity contribution in [3.05, 3.63) is 94.3 Å². The number of nitriles is 2. The van der Waals surface area contributed by atoms with Crippen LogP contribution in [0, 0.1) is 22.7 Å². The minimum atomic E-state index is 0.517. The Morgan fingerprint density at radius 2 is 1.59 bits per heavy atom. The van der Waals surface area contributed by atoms with E-state index in [0.717, 1.165) is 31.5 Å². The number of allylic oxidation sites excluding steroid dienone is 1. The molecule has 0 N–H and O–H groups in total. The van der Waals surface area contributed by atoms with Crippen LogP contribution in [0.5, 0.6) is 0 Å². The molecule has 160 valence electrons. The predicted octanol–water partition coefficient (Wildman–Crippen LogP) is 8.23. The Labute approximate surface area is 208 Å². The summed E-state index contributed by atoms with van der Waals surface area (Å²) in [6, 6.07) is 30.9. The molecular formula is C27H14N4S3. The third kappa shape index (κ3) is 3.57. The minimum Gasteiger partial charge on any atom is -0.300 e. The van der Waals surface area contributed by atoms with E-state index < -0.39 is 0 Å². The molecule has 0 fully saturated rings. The molecular weight excluding hydrogens is 477 g/mol. The number of benzene rings is 3. The molecule has 1 aliphatic rings. The van der Waals surface area contributed by atoms with E-state index in [1.165, 1.54) is 21.1 Å². The van der Waals surface area contributed by atoms with Gasteiger partial charge in [0.05, 0.1) is 38.8 Å². The molecule has 0 aliphatic carbocycles. The fourth-order valence-corrected chi connectivity index (χ4v) is 6.88. The summed E-state index contributed by atoms with van der Waals surface area (Å²) >= 11 is 4.86. The number of para-hydroxylation sites is 2. The fourth-order valence-electron chi connectivity index (χ4n) is 3.88. The van der Waals surface area contributed by atoms with E-state index in [-0.39, 0.29) is 0 Å². The first kappa shape index (κ1) is 20.7. The SMILES string of the molecule is N#C/C(=C\c1ccc(N2c3ccccc3Sc3ccccc32)s1)c1nc2ccc(C#N)cc2s1. The summed E-state index contributed by atoms with van der Waals surface area (Å²) in [5.74, 6) is 0. The van der Waals surface area contributed by atoms with Crippen LogP contribution in [-0.4, -0.2) is 4.98 Å². The molecule has 0 saturated heterocycles. The lowest BCUT2D eigenvalue weighted by Gasteiger charge is -2.31. The van der Waals surface area contributed by atoms with Crippen molar-refractivity contribution in [2.45, 2.75) is 9.79 Å². The summed E-state index contributed by atoms with van der Waals surface area (Å²) in [6.07, 6.45) is 1.90. The van der Waals surface area contributed by atoms with Crippen molar-refractivity contribution in [1.29, 1.82) is 10.5 Å². The number of fused-ring (bicyclic) bond motifs is 3. The number of thiophene rings is 1. The monoisotopic (exact) mass is 490 g/mol. The van der Waals surface area contributed by atoms with Crippen LogP contribution in [-0.2, 0) is 0 Å². The predicted molar refractivity (Wildman–Crippen MR) is 141 cm³/mol. The first-order valence-electron chi connectivity index (χ1n) is 10.4. The summed E-state index contributed by atoms with van der Waals surface area (Å²) < 4.78 is 0.904. The summed E-state index contributed by atoms with van der Waals surface area (Å²) in [5.41, 5.74) is 4.22. The average molecular weight is 491 g/mol. The lowest BCUT2D eigenvalue weighted by molar-refractivity contribution is 1.18. The Morgan fingerprint density at radius 1 is 0.853 bits per heavy atom. The summed E-state index contributed by atoms with van der Waals surface area (Å²) in [6.45, 7) is 0. The molecule has 0 unspecified atom stereocenters. The topological polar surface area (TPSA) is 63.7 Å². The van der Waals surface area contributed by atoms with Crippen LogP contribution in [0.4, 0.5) is 16.4 Å². The molecule has 3 aromatic carbocycles. The zero-order valence-corrected chi connectivity index (χ0v) is 20.0. The van der Waals surface area contributed by atoms with Crippen molar-refractivity contribution in [2.75, 3.05) is 4.90 Å². The standard InChI is InChI=1S/C27H14N4S3/c28-15-17-9-11-20-25(13-17)34-27(30-20)18(16-29)14-19-10-12-26(32-19)31-21-5-1-3-7-23(21)33-24-8-4-2-6-22(24)31/h1-14H/b18-14+. The van der Waals surface area contributed by atoms with Crippen molar-refractivity contribution < 1.29 is 0 Å². The Morgan fingerprint density at radius 3 is 2.29 bits per heavy atom. The lowest BCUT2D eigenvalue weighted by atomic mass is 10.2. The van der Waals surface area contributed by atoms with E-state index in [4.69, 9.17) is 5.26 Å². The van der Waals surface area contributed by atoms with Crippen molar-refractivity contribution in [2.24, 2.45) is 0 Å². The van der Waals surface area contributed by atoms with Gasteiger partial charge in [-0.15, -0.1) is 22.7 Å². The molecule has 7 heteroatoms. The van der Waals surface area contributed by atoms with E-state index in [2.05, 4.69) is 76.6 Å². The Balaban J connectivity index is 1.40. The second-order valence-corrected chi connectivity index (χ2v) is 10.7. The molecule has 0 amide bonds. The lowest BCUT2D eigenvalue weighted by Crippen LogP contribution is -2.13. The Hall–Kier alpha value is -3.88. The van der Waals surface area contributed by atoms with Gasteiger partial charge in [0.2, 0.25) is 0 Å². The summed E-state index contributed by atoms with van der Waals surface area (Å²) in [5, 5.41) is 20.8. The largest absolute Gasteiger partial charge is 0.300 e. The van der Waals surface area contributed by atoms with Gasteiger partial charge < -0.3 is 0 Å². The highest BCUT2D eigenvalue weighted by atomic mass is 32.2. The molecule has 0 radical (unpaired) electrons. The van der Waals surface area contributed by atoms with Gasteiger partial charge in [-0.05, 0) is 60.7 Å². The number of thiazole rings is 1. The molecule has 6 rings (SSSR count). The van der Waals surface area contributed by atoms with Crippen LogP contribution >= 0.6 is 34.4 Å². The van der Waals surface area contributed by atoms with Gasteiger partial charge in [-0.3, -0.25) is 4.90 Å². The molecule has 5 aromatic rings. The number of rotatable bonds is 3. The number of nitrogens with zero attached hydrogens (tertiary/aromatic N) is 4. The quantitative estimate of drug-likeness (QED) is 0.234. The zero-order chi connectivity index (χ0) is 23.1. The third-order valence-corrected chi connectivity index (χ3v) is 8.62. The zero-order valence-electron chi connectivity index (χ0n) is 17.6. The van der Waals surface area contributed by atoms with Gasteiger partial charge in [0.25, 0.3) is 0 Å². The molecule has 0 spiro atoms. The van der Waals surface area contributed by atoms with Crippen molar-refractivity contribution in [3.63, 3.8) is 0 Å². The second-order valence-electron chi connectivity index (χ2n) is 7.53. The van der Waals surface area contributed by atoms with Crippen molar-refractivity contribution >= 4 is 72.7 Å². The summed E-state index contributed by atoms with van der Waals surface area (Å²) in [4.78, 5) is 10.3. The maximum Gasteiger partial charge on any atom is 0.135 e. The van der Waals surface area contributed by atoms with E-state index in [9.17, 15) is 5.26 Å². The smallest absolute Gasteiger partial charge is 0.135 e. The Bertz CT molecular complexity index is 1630. The van der Waals surface area contributed by atoms with Crippen LogP contribution < -0.4 is 4.90 Å². The van der Waals surface area contributed by atoms with E-state index in [1.54, 1.807) is 29.2 Å². The van der Waals surface area contributed by atoms with Crippen LogP contribution in [0.15, 0.2) is 88.7 Å². The number of anilines is 3. The first-order valence-corrected chi connectivity index (χ1v) is 12.9. The van der Waals surface area contributed by atoms with Crippen molar-refractivity contribution in [3.8, 4) is 12.1 Å². The first-order chi connectivity index (χ1) is 16.7. The molecule has 0 bridgehead atoms. The van der Waals surface area contributed by atoms with Gasteiger partial charge in [-0.25, -0.2) is 4.98 Å². The van der Waals surface area contributed by atoms with Crippen molar-refractivity contribution in [1.82, 2.24) is 4.98 Å². The Kier molecular flexibility index (Phi) is 5.16. The highest BCUT2D eigenvalue weighted by molar-refractivity contribution is 7.99. The highest BCUT2D eigenvalue weighted by Crippen LogP contribution is 2.52. The third-order valence-electron chi connectivity index (χ3n) is 5.42. The maximum atomic E-state index is 9.87. The molecule has 4 nitrogen and oxygen atoms in total. The van der Waals surface area contributed by atoms with Crippen LogP contribution in [0.1, 0.15) is 15.4 Å². The molecule has 0 atom stereocenters. The van der Waals surface area contributed by atoms with Gasteiger partial charge in [0.1, 0.15) is 16.1 Å². The van der Waals surface area contributed by atoms with Gasteiger partial charge in [0.15, 0.2) is 0 Å². The van der Waals surface area contributed by atoms with Crippen LogP contribution in [0.3, 0.4) is 0 Å². The molecule has 2 aromatic heterocycles. The van der Waals surface area contributed by atoms with Gasteiger partial charge in [-0.2, -0.15) is 10.5 Å². The molecule has 0 saturated carbocycles. The van der Waals surface area contributed by atoms with Gasteiger partial charge >= 0.3 is 0 Å². The fraction of sp³-hybridized carbons (Fsp3) is 0. The van der Waals surface area contributed by atoms with E-state index in [0.29, 0.717) is 16.1 Å². The summed E-state index contributed by atoms with van der Waals surface area (Å²) in [7, 11) is 0. The number of aromatic nitrogens is 1. The average Bonchev–Trinajstić information content (AvgIpc) is 3.52. The maximum absolute atomic E-state index is 9.87. The molecule has 34 heavy (non-hydrogen) atoms. The number of hydrogen-bond donors (Lipinski definition) is 0. The van der Waals surface area contributed by atoms with Gasteiger partial charge in [0, 0.05) is 14.7 Å². The van der Waals surface area contributed by atoms with E-state index in [1.807, 2.05) is 24.3 Å². The van der Waals surface area contributed by atoms with Crippen LogP contribution in [0.2, 0.25) is 0 Å². The minimum absolute atomic E-state index is 0.517. The van der Waals surface area contributed by atoms with Gasteiger partial charge in [-0.1, -0.05) is 36.0 Å². The molecule has 1 aliphatic heterocycles.